The first-order chi connectivity index (χ1) is 7.81. The summed E-state index contributed by atoms with van der Waals surface area (Å²) in [5.74, 6) is 0.112. The quantitative estimate of drug-likeness (QED) is 0.705. The highest BCUT2D eigenvalue weighted by Crippen LogP contribution is 2.24. The average Bonchev–Trinajstić information content (AvgIpc) is 2.39. The van der Waals surface area contributed by atoms with Crippen molar-refractivity contribution in [3.05, 3.63) is 42.5 Å². The van der Waals surface area contributed by atoms with E-state index in [2.05, 4.69) is 48.4 Å². The van der Waals surface area contributed by atoms with E-state index in [0.717, 1.165) is 12.8 Å². The van der Waals surface area contributed by atoms with Gasteiger partial charge in [-0.1, -0.05) is 30.4 Å². The van der Waals surface area contributed by atoms with Crippen molar-refractivity contribution < 1.29 is 0 Å². The van der Waals surface area contributed by atoms with Gasteiger partial charge in [-0.2, -0.15) is 5.26 Å². The molecule has 1 aromatic rings. The molecule has 1 aliphatic rings. The molecule has 2 heteroatoms. The molecule has 0 N–H and O–H groups in total. The Labute approximate surface area is 96.8 Å². The monoisotopic (exact) mass is 212 g/mol. The number of hydrogen-bond donors (Lipinski definition) is 0. The van der Waals surface area contributed by atoms with Crippen LogP contribution < -0.4 is 4.90 Å². The summed E-state index contributed by atoms with van der Waals surface area (Å²) in [6.45, 7) is 0. The lowest BCUT2D eigenvalue weighted by Crippen LogP contribution is -2.32. The molecule has 2 nitrogen and oxygen atoms in total. The molecule has 2 rings (SSSR count). The molecule has 0 amide bonds. The van der Waals surface area contributed by atoms with Gasteiger partial charge >= 0.3 is 0 Å². The third-order valence-corrected chi connectivity index (χ3v) is 3.17. The first-order valence-electron chi connectivity index (χ1n) is 5.67. The summed E-state index contributed by atoms with van der Waals surface area (Å²) in [4.78, 5) is 2.27. The molecule has 0 saturated carbocycles. The van der Waals surface area contributed by atoms with Crippen molar-refractivity contribution in [3.8, 4) is 6.07 Å². The van der Waals surface area contributed by atoms with Crippen LogP contribution in [-0.2, 0) is 0 Å². The van der Waals surface area contributed by atoms with Gasteiger partial charge in [-0.3, -0.25) is 0 Å². The Hall–Kier alpha value is -1.75. The van der Waals surface area contributed by atoms with E-state index in [4.69, 9.17) is 5.26 Å². The third-order valence-electron chi connectivity index (χ3n) is 3.17. The van der Waals surface area contributed by atoms with Gasteiger partial charge in [-0.05, 0) is 25.0 Å². The maximum atomic E-state index is 8.82. The van der Waals surface area contributed by atoms with Crippen LogP contribution in [0.4, 0.5) is 5.69 Å². The summed E-state index contributed by atoms with van der Waals surface area (Å²) in [6.07, 6.45) is 6.22. The molecule has 0 spiro atoms. The molecule has 2 unspecified atom stereocenters. The third kappa shape index (κ3) is 2.25. The fraction of sp³-hybridized carbons (Fsp3) is 0.357. The smallest absolute Gasteiger partial charge is 0.0697 e. The summed E-state index contributed by atoms with van der Waals surface area (Å²) in [5, 5.41) is 8.82. The molecule has 2 atom stereocenters. The minimum atomic E-state index is 0.112. The van der Waals surface area contributed by atoms with Gasteiger partial charge in [0.1, 0.15) is 0 Å². The van der Waals surface area contributed by atoms with E-state index in [1.807, 2.05) is 12.1 Å². The maximum Gasteiger partial charge on any atom is 0.0697 e. The Kier molecular flexibility index (Phi) is 3.26. The molecule has 0 aliphatic heterocycles. The first-order valence-corrected chi connectivity index (χ1v) is 5.67. The number of anilines is 1. The predicted molar refractivity (Wildman–Crippen MR) is 66.1 cm³/mol. The highest BCUT2D eigenvalue weighted by atomic mass is 15.1. The van der Waals surface area contributed by atoms with Crippen LogP contribution in [0.15, 0.2) is 42.5 Å². The van der Waals surface area contributed by atoms with Gasteiger partial charge < -0.3 is 4.90 Å². The van der Waals surface area contributed by atoms with Crippen molar-refractivity contribution in [1.29, 1.82) is 5.26 Å². The van der Waals surface area contributed by atoms with Crippen LogP contribution >= 0.6 is 0 Å². The Balaban J connectivity index is 2.08. The van der Waals surface area contributed by atoms with Crippen LogP contribution in [0.5, 0.6) is 0 Å². The van der Waals surface area contributed by atoms with Crippen molar-refractivity contribution >= 4 is 5.69 Å². The van der Waals surface area contributed by atoms with Gasteiger partial charge in [0.2, 0.25) is 0 Å². The SMILES string of the molecule is CN(c1ccccc1)C1C=CC(C#N)CC1. The lowest BCUT2D eigenvalue weighted by Gasteiger charge is -2.30. The standard InChI is InChI=1S/C14H16N2/c1-16(13-5-3-2-4-6-13)14-9-7-12(11-15)8-10-14/h2-7,9,12,14H,8,10H2,1H3. The summed E-state index contributed by atoms with van der Waals surface area (Å²) < 4.78 is 0. The van der Waals surface area contributed by atoms with Crippen molar-refractivity contribution in [2.24, 2.45) is 5.92 Å². The summed E-state index contributed by atoms with van der Waals surface area (Å²) >= 11 is 0. The lowest BCUT2D eigenvalue weighted by atomic mass is 9.93. The normalized spacial score (nSPS) is 23.8. The van der Waals surface area contributed by atoms with Crippen LogP contribution in [0.2, 0.25) is 0 Å². The van der Waals surface area contributed by atoms with E-state index in [0.29, 0.717) is 6.04 Å². The molecule has 82 valence electrons. The fourth-order valence-corrected chi connectivity index (χ4v) is 2.09. The van der Waals surface area contributed by atoms with Crippen LogP contribution in [0.1, 0.15) is 12.8 Å². The molecular weight excluding hydrogens is 196 g/mol. The van der Waals surface area contributed by atoms with Crippen molar-refractivity contribution in [1.82, 2.24) is 0 Å². The average molecular weight is 212 g/mol. The number of rotatable bonds is 2. The number of allylic oxidation sites excluding steroid dienone is 1. The van der Waals surface area contributed by atoms with Crippen molar-refractivity contribution in [2.45, 2.75) is 18.9 Å². The highest BCUT2D eigenvalue weighted by molar-refractivity contribution is 5.47. The first kappa shape index (κ1) is 10.8. The second-order valence-corrected chi connectivity index (χ2v) is 4.21. The molecule has 0 heterocycles. The Morgan fingerprint density at radius 2 is 1.94 bits per heavy atom. The van der Waals surface area contributed by atoms with Gasteiger partial charge in [0, 0.05) is 18.8 Å². The van der Waals surface area contributed by atoms with E-state index in [1.54, 1.807) is 0 Å². The van der Waals surface area contributed by atoms with Gasteiger partial charge in [-0.15, -0.1) is 0 Å². The highest BCUT2D eigenvalue weighted by Gasteiger charge is 2.18. The lowest BCUT2D eigenvalue weighted by molar-refractivity contribution is 0.565. The molecule has 0 aromatic heterocycles. The number of para-hydroxylation sites is 1. The molecular formula is C14H16N2. The Morgan fingerprint density at radius 3 is 2.50 bits per heavy atom. The zero-order valence-electron chi connectivity index (χ0n) is 9.50. The largest absolute Gasteiger partial charge is 0.368 e. The van der Waals surface area contributed by atoms with E-state index in [1.165, 1.54) is 5.69 Å². The topological polar surface area (TPSA) is 27.0 Å². The van der Waals surface area contributed by atoms with Gasteiger partial charge in [0.15, 0.2) is 0 Å². The molecule has 0 saturated heterocycles. The molecule has 0 radical (unpaired) electrons. The second-order valence-electron chi connectivity index (χ2n) is 4.21. The van der Waals surface area contributed by atoms with Gasteiger partial charge in [0.25, 0.3) is 0 Å². The van der Waals surface area contributed by atoms with Crippen LogP contribution in [0, 0.1) is 17.2 Å². The Bertz CT molecular complexity index is 402. The van der Waals surface area contributed by atoms with E-state index < -0.39 is 0 Å². The number of nitriles is 1. The van der Waals surface area contributed by atoms with Crippen LogP contribution in [0.3, 0.4) is 0 Å². The van der Waals surface area contributed by atoms with Gasteiger partial charge in [-0.25, -0.2) is 0 Å². The van der Waals surface area contributed by atoms with Crippen LogP contribution in [0.25, 0.3) is 0 Å². The van der Waals surface area contributed by atoms with E-state index in [9.17, 15) is 0 Å². The number of benzene rings is 1. The molecule has 16 heavy (non-hydrogen) atoms. The fourth-order valence-electron chi connectivity index (χ4n) is 2.09. The van der Waals surface area contributed by atoms with Crippen molar-refractivity contribution in [2.75, 3.05) is 11.9 Å². The summed E-state index contributed by atoms with van der Waals surface area (Å²) in [5.41, 5.74) is 1.23. The van der Waals surface area contributed by atoms with Crippen LogP contribution in [-0.4, -0.2) is 13.1 Å². The summed E-state index contributed by atoms with van der Waals surface area (Å²) in [6, 6.07) is 13.1. The number of likely N-dealkylation sites (N-methyl/N-ethyl adjacent to an activating group) is 1. The zero-order valence-corrected chi connectivity index (χ0v) is 9.50. The number of hydrogen-bond acceptors (Lipinski definition) is 2. The molecule has 1 aromatic carbocycles. The van der Waals surface area contributed by atoms with Crippen molar-refractivity contribution in [3.63, 3.8) is 0 Å². The Morgan fingerprint density at radius 1 is 1.19 bits per heavy atom. The molecule has 0 bridgehead atoms. The summed E-state index contributed by atoms with van der Waals surface area (Å²) in [7, 11) is 2.11. The van der Waals surface area contributed by atoms with E-state index in [-0.39, 0.29) is 5.92 Å². The van der Waals surface area contributed by atoms with Gasteiger partial charge in [0.05, 0.1) is 12.0 Å². The van der Waals surface area contributed by atoms with E-state index >= 15 is 0 Å². The minimum Gasteiger partial charge on any atom is -0.368 e. The maximum absolute atomic E-state index is 8.82. The molecule has 0 fully saturated rings. The number of nitrogens with zero attached hydrogens (tertiary/aromatic N) is 2. The predicted octanol–water partition coefficient (Wildman–Crippen LogP) is 2.98. The second kappa shape index (κ2) is 4.85. The minimum absolute atomic E-state index is 0.112. The molecule has 1 aliphatic carbocycles. The zero-order chi connectivity index (χ0) is 11.4.